The molecule has 5 heteroatoms. The van der Waals surface area contributed by atoms with Crippen molar-refractivity contribution in [1.29, 1.82) is 0 Å². The van der Waals surface area contributed by atoms with E-state index in [2.05, 4.69) is 33.8 Å². The zero-order valence-corrected chi connectivity index (χ0v) is 14.6. The Balaban J connectivity index is 1.46. The summed E-state index contributed by atoms with van der Waals surface area (Å²) in [5.74, 6) is 0. The number of aryl methyl sites for hydroxylation is 1. The monoisotopic (exact) mass is 347 g/mol. The van der Waals surface area contributed by atoms with Crippen LogP contribution in [-0.2, 0) is 6.54 Å². The summed E-state index contributed by atoms with van der Waals surface area (Å²) >= 11 is 1.62. The Morgan fingerprint density at radius 2 is 1.92 bits per heavy atom. The van der Waals surface area contributed by atoms with Gasteiger partial charge in [-0.05, 0) is 41.5 Å². The quantitative estimate of drug-likeness (QED) is 0.543. The first-order chi connectivity index (χ1) is 12.2. The first kappa shape index (κ1) is 15.6. The largest absolute Gasteiger partial charge is 0.334 e. The molecule has 4 aromatic rings. The van der Waals surface area contributed by atoms with Crippen LogP contribution in [-0.4, -0.2) is 11.0 Å². The average Bonchev–Trinajstić information content (AvgIpc) is 2.99. The van der Waals surface area contributed by atoms with Gasteiger partial charge in [0.25, 0.3) is 0 Å². The highest BCUT2D eigenvalue weighted by Crippen LogP contribution is 2.24. The number of carbonyl (C=O) groups excluding carboxylic acids is 1. The van der Waals surface area contributed by atoms with E-state index in [1.54, 1.807) is 11.3 Å². The number of amides is 2. The van der Waals surface area contributed by atoms with Crippen LogP contribution in [0.15, 0.2) is 60.7 Å². The molecule has 0 atom stereocenters. The van der Waals surface area contributed by atoms with Crippen molar-refractivity contribution in [3.05, 3.63) is 71.2 Å². The summed E-state index contributed by atoms with van der Waals surface area (Å²) in [5.41, 5.74) is 2.83. The van der Waals surface area contributed by atoms with Gasteiger partial charge in [0.2, 0.25) is 0 Å². The van der Waals surface area contributed by atoms with E-state index in [0.29, 0.717) is 6.54 Å². The third-order valence-corrected chi connectivity index (χ3v) is 5.01. The van der Waals surface area contributed by atoms with Gasteiger partial charge in [-0.25, -0.2) is 9.78 Å². The van der Waals surface area contributed by atoms with Crippen LogP contribution in [0.25, 0.3) is 21.0 Å². The number of aromatic nitrogens is 1. The van der Waals surface area contributed by atoms with Gasteiger partial charge in [-0.2, -0.15) is 0 Å². The molecular formula is C20H17N3OS. The number of anilines is 1. The van der Waals surface area contributed by atoms with E-state index < -0.39 is 0 Å². The number of benzene rings is 3. The van der Waals surface area contributed by atoms with Gasteiger partial charge in [0.05, 0.1) is 15.2 Å². The number of hydrogen-bond acceptors (Lipinski definition) is 3. The van der Waals surface area contributed by atoms with Crippen LogP contribution in [0.1, 0.15) is 10.6 Å². The first-order valence-corrected chi connectivity index (χ1v) is 8.89. The van der Waals surface area contributed by atoms with Gasteiger partial charge in [0.1, 0.15) is 0 Å². The highest BCUT2D eigenvalue weighted by molar-refractivity contribution is 7.18. The molecule has 2 amide bonds. The average molecular weight is 347 g/mol. The lowest BCUT2D eigenvalue weighted by Crippen LogP contribution is -2.28. The van der Waals surface area contributed by atoms with Gasteiger partial charge in [0, 0.05) is 12.2 Å². The molecule has 0 spiro atoms. The predicted molar refractivity (Wildman–Crippen MR) is 104 cm³/mol. The fraction of sp³-hybridized carbons (Fsp3) is 0.100. The minimum atomic E-state index is -0.214. The fourth-order valence-corrected chi connectivity index (χ4v) is 3.78. The lowest BCUT2D eigenvalue weighted by Gasteiger charge is -2.10. The second-order valence-electron chi connectivity index (χ2n) is 5.86. The summed E-state index contributed by atoms with van der Waals surface area (Å²) in [7, 11) is 0. The molecule has 4 nitrogen and oxygen atoms in total. The molecule has 0 aliphatic rings. The maximum atomic E-state index is 12.2. The molecule has 3 aromatic carbocycles. The third kappa shape index (κ3) is 3.32. The Bertz CT molecular complexity index is 1070. The minimum Gasteiger partial charge on any atom is -0.334 e. The van der Waals surface area contributed by atoms with Crippen LogP contribution in [0.2, 0.25) is 0 Å². The van der Waals surface area contributed by atoms with Crippen molar-refractivity contribution >= 4 is 44.0 Å². The number of fused-ring (bicyclic) bond motifs is 2. The van der Waals surface area contributed by atoms with Crippen LogP contribution in [0.5, 0.6) is 0 Å². The maximum Gasteiger partial charge on any atom is 0.319 e. The highest BCUT2D eigenvalue weighted by atomic mass is 32.1. The predicted octanol–water partition coefficient (Wildman–Crippen LogP) is 5.08. The summed E-state index contributed by atoms with van der Waals surface area (Å²) in [6.07, 6.45) is 0. The van der Waals surface area contributed by atoms with Gasteiger partial charge < -0.3 is 10.6 Å². The molecule has 4 rings (SSSR count). The zero-order chi connectivity index (χ0) is 17.2. The summed E-state index contributed by atoms with van der Waals surface area (Å²) in [5, 5.41) is 9.18. The van der Waals surface area contributed by atoms with Crippen molar-refractivity contribution in [1.82, 2.24) is 10.3 Å². The molecule has 0 aliphatic heterocycles. The van der Waals surface area contributed by atoms with E-state index in [-0.39, 0.29) is 6.03 Å². The molecule has 0 aliphatic carbocycles. The Hall–Kier alpha value is -2.92. The van der Waals surface area contributed by atoms with Crippen LogP contribution < -0.4 is 10.6 Å². The number of rotatable bonds is 3. The zero-order valence-electron chi connectivity index (χ0n) is 13.7. The Morgan fingerprint density at radius 3 is 2.84 bits per heavy atom. The van der Waals surface area contributed by atoms with E-state index in [0.717, 1.165) is 31.9 Å². The topological polar surface area (TPSA) is 54.0 Å². The summed E-state index contributed by atoms with van der Waals surface area (Å²) in [6, 6.07) is 19.8. The number of nitrogens with zero attached hydrogens (tertiary/aromatic N) is 1. The summed E-state index contributed by atoms with van der Waals surface area (Å²) < 4.78 is 1.07. The molecule has 124 valence electrons. The van der Waals surface area contributed by atoms with Crippen molar-refractivity contribution in [2.24, 2.45) is 0 Å². The van der Waals surface area contributed by atoms with Crippen LogP contribution in [0.4, 0.5) is 10.5 Å². The van der Waals surface area contributed by atoms with Gasteiger partial charge >= 0.3 is 6.03 Å². The van der Waals surface area contributed by atoms with Gasteiger partial charge in [-0.3, -0.25) is 0 Å². The lowest BCUT2D eigenvalue weighted by atomic mass is 10.0. The van der Waals surface area contributed by atoms with Crippen molar-refractivity contribution in [2.45, 2.75) is 13.5 Å². The van der Waals surface area contributed by atoms with Crippen molar-refractivity contribution < 1.29 is 4.79 Å². The van der Waals surface area contributed by atoms with E-state index in [9.17, 15) is 4.79 Å². The van der Waals surface area contributed by atoms with Gasteiger partial charge in [-0.15, -0.1) is 11.3 Å². The Morgan fingerprint density at radius 1 is 1.08 bits per heavy atom. The van der Waals surface area contributed by atoms with E-state index in [1.165, 1.54) is 5.39 Å². The van der Waals surface area contributed by atoms with Crippen LogP contribution in [0, 0.1) is 6.92 Å². The highest BCUT2D eigenvalue weighted by Gasteiger charge is 2.06. The second kappa shape index (κ2) is 6.53. The second-order valence-corrected chi connectivity index (χ2v) is 7.10. The Labute approximate surface area is 149 Å². The maximum absolute atomic E-state index is 12.2. The van der Waals surface area contributed by atoms with Crippen molar-refractivity contribution in [2.75, 3.05) is 5.32 Å². The number of thiazole rings is 1. The van der Waals surface area contributed by atoms with Crippen LogP contribution >= 0.6 is 11.3 Å². The molecule has 25 heavy (non-hydrogen) atoms. The number of hydrogen-bond donors (Lipinski definition) is 2. The SMILES string of the molecule is Cc1nc2ccc(NC(=O)NCc3cccc4ccccc34)cc2s1. The molecular weight excluding hydrogens is 330 g/mol. The van der Waals surface area contributed by atoms with Crippen LogP contribution in [0.3, 0.4) is 0 Å². The number of nitrogens with one attached hydrogen (secondary N) is 2. The van der Waals surface area contributed by atoms with E-state index in [1.807, 2.05) is 49.4 Å². The van der Waals surface area contributed by atoms with Crippen molar-refractivity contribution in [3.8, 4) is 0 Å². The fourth-order valence-electron chi connectivity index (χ4n) is 2.92. The standard InChI is InChI=1S/C20H17N3OS/c1-13-22-18-10-9-16(11-19(18)25-13)23-20(24)21-12-15-7-4-6-14-5-2-3-8-17(14)15/h2-11H,12H2,1H3,(H2,21,23,24). The number of carbonyl (C=O) groups is 1. The molecule has 0 radical (unpaired) electrons. The van der Waals surface area contributed by atoms with Crippen molar-refractivity contribution in [3.63, 3.8) is 0 Å². The minimum absolute atomic E-state index is 0.214. The molecule has 0 bridgehead atoms. The molecule has 0 saturated heterocycles. The summed E-state index contributed by atoms with van der Waals surface area (Å²) in [6.45, 7) is 2.46. The molecule has 0 unspecified atom stereocenters. The van der Waals surface area contributed by atoms with Gasteiger partial charge in [0.15, 0.2) is 0 Å². The molecule has 0 saturated carbocycles. The van der Waals surface area contributed by atoms with Gasteiger partial charge in [-0.1, -0.05) is 42.5 Å². The molecule has 0 fully saturated rings. The molecule has 1 heterocycles. The molecule has 2 N–H and O–H groups in total. The molecule has 1 aromatic heterocycles. The normalized spacial score (nSPS) is 10.9. The lowest BCUT2D eigenvalue weighted by molar-refractivity contribution is 0.252. The Kier molecular flexibility index (Phi) is 4.07. The van der Waals surface area contributed by atoms with E-state index >= 15 is 0 Å². The number of urea groups is 1. The third-order valence-electron chi connectivity index (χ3n) is 4.07. The summed E-state index contributed by atoms with van der Waals surface area (Å²) in [4.78, 5) is 16.7. The smallest absolute Gasteiger partial charge is 0.319 e. The first-order valence-electron chi connectivity index (χ1n) is 8.08. The van der Waals surface area contributed by atoms with E-state index in [4.69, 9.17) is 0 Å².